The summed E-state index contributed by atoms with van der Waals surface area (Å²) >= 11 is 0. The van der Waals surface area contributed by atoms with Gasteiger partial charge in [0.25, 0.3) is 0 Å². The summed E-state index contributed by atoms with van der Waals surface area (Å²) in [4.78, 5) is 11.3. The maximum absolute atomic E-state index is 11.3. The van der Waals surface area contributed by atoms with E-state index >= 15 is 0 Å². The Hall–Kier alpha value is -0.836. The van der Waals surface area contributed by atoms with Crippen LogP contribution in [0.4, 0.5) is 0 Å². The molecular weight excluding hydrogens is 509 g/mol. The van der Waals surface area contributed by atoms with Crippen LogP contribution in [-0.2, 0) is 25.0 Å². The molecular formula is C31H58O5Si2. The number of aliphatic hydroxyl groups excluding tert-OH is 1. The van der Waals surface area contributed by atoms with Gasteiger partial charge < -0.3 is 23.5 Å². The quantitative estimate of drug-likeness (QED) is 0.121. The van der Waals surface area contributed by atoms with Crippen LogP contribution in [0.15, 0.2) is 30.3 Å². The largest absolute Gasteiger partial charge is 0.413 e. The van der Waals surface area contributed by atoms with Gasteiger partial charge in [0.2, 0.25) is 0 Å². The van der Waals surface area contributed by atoms with Gasteiger partial charge in [-0.2, -0.15) is 0 Å². The SMILES string of the molecule is CC[Si](CC)(CC)O[C@H]([C@@H](C)[C@@H](O[Si](CC)(CC)CC)[C@@H](C)COCc1ccccc1)[C@@H](C)[C@H](O)CC=O. The summed E-state index contributed by atoms with van der Waals surface area (Å²) in [5.41, 5.74) is 1.17. The second kappa shape index (κ2) is 17.8. The average molecular weight is 567 g/mol. The minimum absolute atomic E-state index is 0.0505. The first kappa shape index (κ1) is 35.2. The molecule has 0 aliphatic heterocycles. The highest BCUT2D eigenvalue weighted by Crippen LogP contribution is 2.37. The standard InChI is InChI=1S/C31H58O5Si2/c1-10-37(11-2,12-3)35-30(25(7)23-34-24-28-19-17-16-18-20-28)27(9)31(26(8)29(33)21-22-32)36-38(13-4,14-5)15-6/h16-20,22,25-27,29-31,33H,10-15,21,23-24H2,1-9H3/t25-,26-,27-,29+,30-,31-/m0/s1. The van der Waals surface area contributed by atoms with Gasteiger partial charge in [0.1, 0.15) is 6.29 Å². The Bertz CT molecular complexity index is 737. The molecule has 0 aliphatic carbocycles. The molecule has 0 saturated heterocycles. The van der Waals surface area contributed by atoms with Crippen molar-refractivity contribution in [3.8, 4) is 0 Å². The van der Waals surface area contributed by atoms with Crippen molar-refractivity contribution in [3.05, 3.63) is 35.9 Å². The molecule has 1 N–H and O–H groups in total. The van der Waals surface area contributed by atoms with Crippen LogP contribution in [0.5, 0.6) is 0 Å². The van der Waals surface area contributed by atoms with Crippen LogP contribution in [0.25, 0.3) is 0 Å². The Morgan fingerprint density at radius 2 is 1.24 bits per heavy atom. The number of carbonyl (C=O) groups excluding carboxylic acids is 1. The van der Waals surface area contributed by atoms with Crippen molar-refractivity contribution in [2.75, 3.05) is 6.61 Å². The van der Waals surface area contributed by atoms with Crippen LogP contribution in [-0.4, -0.2) is 52.9 Å². The minimum atomic E-state index is -1.98. The van der Waals surface area contributed by atoms with E-state index in [-0.39, 0.29) is 36.4 Å². The molecule has 0 heterocycles. The lowest BCUT2D eigenvalue weighted by Crippen LogP contribution is -2.53. The summed E-state index contributed by atoms with van der Waals surface area (Å²) in [6.45, 7) is 21.2. The highest BCUT2D eigenvalue weighted by molar-refractivity contribution is 6.74. The van der Waals surface area contributed by atoms with E-state index in [1.165, 1.54) is 5.56 Å². The van der Waals surface area contributed by atoms with Crippen molar-refractivity contribution in [3.63, 3.8) is 0 Å². The smallest absolute Gasteiger partial charge is 0.192 e. The van der Waals surface area contributed by atoms with Gasteiger partial charge in [-0.3, -0.25) is 0 Å². The molecule has 1 rings (SSSR count). The molecule has 0 aliphatic rings. The third-order valence-electron chi connectivity index (χ3n) is 9.19. The van der Waals surface area contributed by atoms with Crippen LogP contribution in [0, 0.1) is 17.8 Å². The highest BCUT2D eigenvalue weighted by Gasteiger charge is 2.44. The number of aliphatic hydroxyl groups is 1. The lowest BCUT2D eigenvalue weighted by Gasteiger charge is -2.46. The highest BCUT2D eigenvalue weighted by atomic mass is 28.4. The minimum Gasteiger partial charge on any atom is -0.413 e. The Labute approximate surface area is 236 Å². The molecule has 220 valence electrons. The number of aldehydes is 1. The van der Waals surface area contributed by atoms with Gasteiger partial charge in [-0.25, -0.2) is 0 Å². The fourth-order valence-electron chi connectivity index (χ4n) is 5.76. The predicted molar refractivity (Wildman–Crippen MR) is 164 cm³/mol. The number of carbonyl (C=O) groups is 1. The molecule has 0 unspecified atom stereocenters. The van der Waals surface area contributed by atoms with Gasteiger partial charge in [-0.15, -0.1) is 0 Å². The van der Waals surface area contributed by atoms with Gasteiger partial charge in [0.05, 0.1) is 31.5 Å². The van der Waals surface area contributed by atoms with E-state index in [9.17, 15) is 9.90 Å². The van der Waals surface area contributed by atoms with E-state index in [0.717, 1.165) is 42.6 Å². The Balaban J connectivity index is 3.37. The fraction of sp³-hybridized carbons (Fsp3) is 0.774. The van der Waals surface area contributed by atoms with Crippen molar-refractivity contribution >= 4 is 22.9 Å². The van der Waals surface area contributed by atoms with E-state index in [1.54, 1.807) is 0 Å². The molecule has 1 aromatic rings. The van der Waals surface area contributed by atoms with E-state index < -0.39 is 22.7 Å². The molecule has 1 aromatic carbocycles. The zero-order valence-electron chi connectivity index (χ0n) is 25.9. The number of hydrogen-bond donors (Lipinski definition) is 1. The van der Waals surface area contributed by atoms with Crippen LogP contribution >= 0.6 is 0 Å². The maximum Gasteiger partial charge on any atom is 0.192 e. The summed E-state index contributed by atoms with van der Waals surface area (Å²) in [7, 11) is -3.92. The number of benzene rings is 1. The summed E-state index contributed by atoms with van der Waals surface area (Å²) in [6.07, 6.45) is -0.00996. The lowest BCUT2D eigenvalue weighted by atomic mass is 9.82. The van der Waals surface area contributed by atoms with E-state index in [2.05, 4.69) is 67.5 Å². The van der Waals surface area contributed by atoms with Gasteiger partial charge in [-0.1, -0.05) is 92.6 Å². The molecule has 38 heavy (non-hydrogen) atoms. The van der Waals surface area contributed by atoms with Crippen molar-refractivity contribution in [2.24, 2.45) is 17.8 Å². The van der Waals surface area contributed by atoms with Gasteiger partial charge in [0.15, 0.2) is 16.6 Å². The molecule has 7 heteroatoms. The first-order valence-electron chi connectivity index (χ1n) is 15.2. The van der Waals surface area contributed by atoms with E-state index in [4.69, 9.17) is 13.6 Å². The molecule has 0 spiro atoms. The van der Waals surface area contributed by atoms with Gasteiger partial charge in [-0.05, 0) is 41.8 Å². The van der Waals surface area contributed by atoms with Crippen molar-refractivity contribution in [2.45, 2.75) is 130 Å². The Morgan fingerprint density at radius 3 is 1.68 bits per heavy atom. The van der Waals surface area contributed by atoms with Gasteiger partial charge in [0, 0.05) is 24.2 Å². The number of ether oxygens (including phenoxy) is 1. The normalized spacial score (nSPS) is 17.4. The first-order chi connectivity index (χ1) is 18.1. The summed E-state index contributed by atoms with van der Waals surface area (Å²) < 4.78 is 20.6. The van der Waals surface area contributed by atoms with Crippen molar-refractivity contribution < 1.29 is 23.5 Å². The molecule has 6 atom stereocenters. The zero-order chi connectivity index (χ0) is 28.8. The third kappa shape index (κ3) is 9.97. The van der Waals surface area contributed by atoms with Crippen LogP contribution in [0.2, 0.25) is 36.3 Å². The molecule has 0 aromatic heterocycles. The topological polar surface area (TPSA) is 65.0 Å². The summed E-state index contributed by atoms with van der Waals surface area (Å²) in [5.74, 6) is 0.0404. The molecule has 5 nitrogen and oxygen atoms in total. The molecule has 0 bridgehead atoms. The summed E-state index contributed by atoms with van der Waals surface area (Å²) in [5, 5.41) is 11.0. The van der Waals surface area contributed by atoms with E-state index in [0.29, 0.717) is 13.2 Å². The van der Waals surface area contributed by atoms with Gasteiger partial charge >= 0.3 is 0 Å². The first-order valence-corrected chi connectivity index (χ1v) is 20.3. The van der Waals surface area contributed by atoms with Crippen LogP contribution in [0.1, 0.15) is 74.3 Å². The fourth-order valence-corrected chi connectivity index (χ4v) is 11.8. The van der Waals surface area contributed by atoms with Crippen LogP contribution in [0.3, 0.4) is 0 Å². The predicted octanol–water partition coefficient (Wildman–Crippen LogP) is 7.84. The maximum atomic E-state index is 11.3. The number of rotatable bonds is 21. The molecule has 0 fully saturated rings. The average Bonchev–Trinajstić information content (AvgIpc) is 2.95. The second-order valence-electron chi connectivity index (χ2n) is 11.3. The monoisotopic (exact) mass is 566 g/mol. The molecule has 0 saturated carbocycles. The van der Waals surface area contributed by atoms with E-state index in [1.807, 2.05) is 25.1 Å². The Morgan fingerprint density at radius 1 is 0.763 bits per heavy atom. The lowest BCUT2D eigenvalue weighted by molar-refractivity contribution is -0.111. The number of hydrogen-bond acceptors (Lipinski definition) is 5. The zero-order valence-corrected chi connectivity index (χ0v) is 27.9. The van der Waals surface area contributed by atoms with Crippen molar-refractivity contribution in [1.29, 1.82) is 0 Å². The Kier molecular flexibility index (Phi) is 16.5. The van der Waals surface area contributed by atoms with Crippen molar-refractivity contribution in [1.82, 2.24) is 0 Å². The molecule has 0 amide bonds. The van der Waals surface area contributed by atoms with Crippen LogP contribution < -0.4 is 0 Å². The second-order valence-corrected chi connectivity index (χ2v) is 20.8. The third-order valence-corrected chi connectivity index (χ3v) is 18.5. The summed E-state index contributed by atoms with van der Waals surface area (Å²) in [6, 6.07) is 16.6. The molecule has 0 radical (unpaired) electrons.